The molecule has 2 saturated carbocycles. The number of carbonyl (C=O) groups is 1. The molecular formula is C25H40N2O4. The number of nitrogens with two attached hydrogens (primary N) is 1. The molecule has 3 unspecified atom stereocenters. The monoisotopic (exact) mass is 432 g/mol. The number of rotatable bonds is 8. The molecule has 6 nitrogen and oxygen atoms in total. The Hall–Kier alpha value is -1.95. The Bertz CT molecular complexity index is 717. The van der Waals surface area contributed by atoms with Crippen LogP contribution >= 0.6 is 0 Å². The van der Waals surface area contributed by atoms with E-state index in [0.717, 1.165) is 31.2 Å². The zero-order valence-electron chi connectivity index (χ0n) is 19.6. The van der Waals surface area contributed by atoms with Gasteiger partial charge >= 0.3 is 6.09 Å². The first-order chi connectivity index (χ1) is 14.9. The van der Waals surface area contributed by atoms with Gasteiger partial charge in [-0.05, 0) is 74.0 Å². The topological polar surface area (TPSA) is 82.8 Å². The number of hydrogen-bond donors (Lipinski definition) is 2. The molecule has 0 spiro atoms. The van der Waals surface area contributed by atoms with Gasteiger partial charge in [-0.1, -0.05) is 33.3 Å². The Morgan fingerprint density at radius 2 is 1.90 bits per heavy atom. The smallest absolute Gasteiger partial charge is 0.407 e. The van der Waals surface area contributed by atoms with Crippen molar-refractivity contribution in [3.63, 3.8) is 0 Å². The minimum atomic E-state index is -0.394. The summed E-state index contributed by atoms with van der Waals surface area (Å²) in [5.74, 6) is 2.89. The van der Waals surface area contributed by atoms with Gasteiger partial charge in [0.25, 0.3) is 0 Å². The molecule has 0 heterocycles. The largest absolute Gasteiger partial charge is 0.493 e. The summed E-state index contributed by atoms with van der Waals surface area (Å²) in [5.41, 5.74) is 6.92. The number of alkyl carbamates (subject to hydrolysis) is 1. The number of hydrogen-bond acceptors (Lipinski definition) is 5. The van der Waals surface area contributed by atoms with Gasteiger partial charge in [0.15, 0.2) is 11.5 Å². The predicted octanol–water partition coefficient (Wildman–Crippen LogP) is 5.20. The molecule has 6 heteroatoms. The van der Waals surface area contributed by atoms with E-state index in [2.05, 4.69) is 26.1 Å². The lowest BCUT2D eigenvalue weighted by molar-refractivity contribution is 0.00501. The Morgan fingerprint density at radius 1 is 1.16 bits per heavy atom. The number of nitrogens with one attached hydrogen (secondary N) is 1. The summed E-state index contributed by atoms with van der Waals surface area (Å²) in [4.78, 5) is 12.8. The standard InChI is InChI=1S/C25H40N2O4/c1-16(2)20-11-9-17(3)13-23(20)31-25(28)27-21(15-26)18-10-12-22(29-4)24(14-18)30-19-7-5-6-8-19/h10,12,14,16-17,19-21,23H,5-9,11,13,15,26H2,1-4H3,(H,27,28)/t17?,20?,21-,23?/m1/s1. The van der Waals surface area contributed by atoms with E-state index < -0.39 is 6.09 Å². The first-order valence-electron chi connectivity index (χ1n) is 11.9. The first-order valence-corrected chi connectivity index (χ1v) is 11.9. The first kappa shape index (κ1) is 23.7. The van der Waals surface area contributed by atoms with Gasteiger partial charge in [0.1, 0.15) is 6.10 Å². The van der Waals surface area contributed by atoms with Gasteiger partial charge in [-0.25, -0.2) is 4.79 Å². The summed E-state index contributed by atoms with van der Waals surface area (Å²) in [6, 6.07) is 5.40. The lowest BCUT2D eigenvalue weighted by Crippen LogP contribution is -2.41. The van der Waals surface area contributed by atoms with E-state index >= 15 is 0 Å². The van der Waals surface area contributed by atoms with Crippen molar-refractivity contribution in [1.29, 1.82) is 0 Å². The maximum atomic E-state index is 12.8. The molecule has 31 heavy (non-hydrogen) atoms. The van der Waals surface area contributed by atoms with E-state index in [1.807, 2.05) is 18.2 Å². The molecule has 0 bridgehead atoms. The molecule has 1 aromatic carbocycles. The van der Waals surface area contributed by atoms with Gasteiger partial charge in [0.2, 0.25) is 0 Å². The second-order valence-electron chi connectivity index (χ2n) is 9.64. The quantitative estimate of drug-likeness (QED) is 0.590. The van der Waals surface area contributed by atoms with Crippen molar-refractivity contribution >= 4 is 6.09 Å². The minimum Gasteiger partial charge on any atom is -0.493 e. The lowest BCUT2D eigenvalue weighted by atomic mass is 9.75. The normalized spacial score (nSPS) is 25.3. The summed E-state index contributed by atoms with van der Waals surface area (Å²) < 4.78 is 17.6. The number of carbonyl (C=O) groups excluding carboxylic acids is 1. The van der Waals surface area contributed by atoms with Gasteiger partial charge in [-0.3, -0.25) is 0 Å². The van der Waals surface area contributed by atoms with Gasteiger partial charge in [-0.15, -0.1) is 0 Å². The third-order valence-electron chi connectivity index (χ3n) is 6.93. The van der Waals surface area contributed by atoms with E-state index in [-0.39, 0.29) is 24.8 Å². The zero-order chi connectivity index (χ0) is 22.4. The molecule has 1 aromatic rings. The van der Waals surface area contributed by atoms with Crippen molar-refractivity contribution < 1.29 is 19.0 Å². The Kier molecular flexibility index (Phi) is 8.47. The Labute approximate surface area is 187 Å². The molecule has 3 rings (SSSR count). The van der Waals surface area contributed by atoms with Gasteiger partial charge in [-0.2, -0.15) is 0 Å². The summed E-state index contributed by atoms with van der Waals surface area (Å²) in [6.45, 7) is 6.93. The van der Waals surface area contributed by atoms with E-state index in [1.165, 1.54) is 19.3 Å². The maximum absolute atomic E-state index is 12.8. The molecule has 1 amide bonds. The van der Waals surface area contributed by atoms with Crippen LogP contribution in [-0.4, -0.2) is 32.0 Å². The van der Waals surface area contributed by atoms with Gasteiger partial charge in [0.05, 0.1) is 19.3 Å². The van der Waals surface area contributed by atoms with Crippen LogP contribution in [0.1, 0.15) is 77.3 Å². The van der Waals surface area contributed by atoms with Gasteiger partial charge < -0.3 is 25.3 Å². The molecule has 3 N–H and O–H groups in total. The molecule has 0 radical (unpaired) electrons. The Morgan fingerprint density at radius 3 is 2.55 bits per heavy atom. The molecule has 0 saturated heterocycles. The number of ether oxygens (including phenoxy) is 3. The van der Waals surface area contributed by atoms with E-state index in [1.54, 1.807) is 7.11 Å². The minimum absolute atomic E-state index is 0.0423. The Balaban J connectivity index is 1.67. The fourth-order valence-electron chi connectivity index (χ4n) is 5.03. The van der Waals surface area contributed by atoms with Crippen LogP contribution in [0.2, 0.25) is 0 Å². The third-order valence-corrected chi connectivity index (χ3v) is 6.93. The van der Waals surface area contributed by atoms with Crippen LogP contribution in [-0.2, 0) is 4.74 Å². The number of amides is 1. The summed E-state index contributed by atoms with van der Waals surface area (Å²) >= 11 is 0. The molecular weight excluding hydrogens is 392 g/mol. The average Bonchev–Trinajstić information content (AvgIpc) is 3.25. The summed E-state index contributed by atoms with van der Waals surface area (Å²) in [5, 5.41) is 2.98. The van der Waals surface area contributed by atoms with Crippen LogP contribution in [0.5, 0.6) is 11.5 Å². The van der Waals surface area contributed by atoms with Crippen LogP contribution in [0.25, 0.3) is 0 Å². The summed E-state index contributed by atoms with van der Waals surface area (Å²) in [6.07, 6.45) is 7.54. The third kappa shape index (κ3) is 6.28. The SMILES string of the molecule is COc1ccc([C@@H](CN)NC(=O)OC2CC(C)CCC2C(C)C)cc1OC1CCCC1. The van der Waals surface area contributed by atoms with Crippen LogP contribution in [0.15, 0.2) is 18.2 Å². The van der Waals surface area contributed by atoms with E-state index in [9.17, 15) is 4.79 Å². The van der Waals surface area contributed by atoms with Crippen molar-refractivity contribution in [2.75, 3.05) is 13.7 Å². The fourth-order valence-corrected chi connectivity index (χ4v) is 5.03. The summed E-state index contributed by atoms with van der Waals surface area (Å²) in [7, 11) is 1.64. The molecule has 174 valence electrons. The van der Waals surface area contributed by atoms with Crippen LogP contribution < -0.4 is 20.5 Å². The molecule has 0 aromatic heterocycles. The van der Waals surface area contributed by atoms with Gasteiger partial charge in [0, 0.05) is 6.54 Å². The second kappa shape index (κ2) is 11.1. The van der Waals surface area contributed by atoms with Crippen molar-refractivity contribution in [3.05, 3.63) is 23.8 Å². The lowest BCUT2D eigenvalue weighted by Gasteiger charge is -2.36. The molecule has 2 aliphatic rings. The van der Waals surface area contributed by atoms with E-state index in [0.29, 0.717) is 29.3 Å². The molecule has 2 aliphatic carbocycles. The van der Waals surface area contributed by atoms with Crippen molar-refractivity contribution in [1.82, 2.24) is 5.32 Å². The molecule has 4 atom stereocenters. The maximum Gasteiger partial charge on any atom is 0.407 e. The highest BCUT2D eigenvalue weighted by Gasteiger charge is 2.33. The second-order valence-corrected chi connectivity index (χ2v) is 9.64. The van der Waals surface area contributed by atoms with Crippen LogP contribution in [0.3, 0.4) is 0 Å². The highest BCUT2D eigenvalue weighted by atomic mass is 16.6. The highest BCUT2D eigenvalue weighted by Crippen LogP contribution is 2.36. The van der Waals surface area contributed by atoms with Crippen LogP contribution in [0.4, 0.5) is 4.79 Å². The number of methoxy groups -OCH3 is 1. The van der Waals surface area contributed by atoms with Crippen molar-refractivity contribution in [2.45, 2.75) is 84.0 Å². The molecule has 2 fully saturated rings. The number of benzene rings is 1. The molecule has 0 aliphatic heterocycles. The van der Waals surface area contributed by atoms with Crippen molar-refractivity contribution in [2.24, 2.45) is 23.5 Å². The fraction of sp³-hybridized carbons (Fsp3) is 0.720. The van der Waals surface area contributed by atoms with E-state index in [4.69, 9.17) is 19.9 Å². The zero-order valence-corrected chi connectivity index (χ0v) is 19.6. The van der Waals surface area contributed by atoms with Crippen molar-refractivity contribution in [3.8, 4) is 11.5 Å². The average molecular weight is 433 g/mol. The highest BCUT2D eigenvalue weighted by molar-refractivity contribution is 5.68. The predicted molar refractivity (Wildman–Crippen MR) is 122 cm³/mol. The van der Waals surface area contributed by atoms with Crippen LogP contribution in [0, 0.1) is 17.8 Å².